The number of esters is 1. The third-order valence-electron chi connectivity index (χ3n) is 5.19. The van der Waals surface area contributed by atoms with E-state index in [9.17, 15) is 4.79 Å². The molecule has 5 heteroatoms. The van der Waals surface area contributed by atoms with E-state index in [0.29, 0.717) is 11.5 Å². The minimum atomic E-state index is -0.462. The van der Waals surface area contributed by atoms with Gasteiger partial charge in [-0.2, -0.15) is 0 Å². The summed E-state index contributed by atoms with van der Waals surface area (Å²) < 4.78 is 10.5. The number of ether oxygens (including phenoxy) is 1. The molecule has 0 aliphatic rings. The summed E-state index contributed by atoms with van der Waals surface area (Å²) in [5.41, 5.74) is 16.7. The van der Waals surface area contributed by atoms with Crippen LogP contribution in [0.1, 0.15) is 28.4 Å². The molecule has 32 heavy (non-hydrogen) atoms. The van der Waals surface area contributed by atoms with E-state index in [2.05, 4.69) is 24.3 Å². The molecule has 160 valence electrons. The molecule has 4 aromatic rings. The largest absolute Gasteiger partial charge is 0.465 e. The SMILES string of the molecule is Nc1ccc(C(Cc2ccc(OC(=O)C=Cc3ccco3)cc2)c2ccc(N)cc2)cc1. The smallest absolute Gasteiger partial charge is 0.336 e. The molecular formula is C27H24N2O3. The van der Waals surface area contributed by atoms with Crippen molar-refractivity contribution in [1.82, 2.24) is 0 Å². The molecule has 4 N–H and O–H groups in total. The van der Waals surface area contributed by atoms with E-state index < -0.39 is 5.97 Å². The predicted octanol–water partition coefficient (Wildman–Crippen LogP) is 5.44. The average Bonchev–Trinajstić information content (AvgIpc) is 3.32. The fourth-order valence-corrected chi connectivity index (χ4v) is 3.50. The molecular weight excluding hydrogens is 400 g/mol. The van der Waals surface area contributed by atoms with Crippen molar-refractivity contribution in [2.24, 2.45) is 0 Å². The van der Waals surface area contributed by atoms with Gasteiger partial charge < -0.3 is 20.6 Å². The molecule has 0 spiro atoms. The molecule has 0 aliphatic heterocycles. The second-order valence-electron chi connectivity index (χ2n) is 7.50. The number of nitrogen functional groups attached to an aromatic ring is 2. The van der Waals surface area contributed by atoms with E-state index in [1.807, 2.05) is 36.4 Å². The number of carbonyl (C=O) groups excluding carboxylic acids is 1. The molecule has 3 aromatic carbocycles. The van der Waals surface area contributed by atoms with Gasteiger partial charge in [0.2, 0.25) is 0 Å². The Kier molecular flexibility index (Phi) is 6.37. The van der Waals surface area contributed by atoms with Crippen LogP contribution in [0.25, 0.3) is 6.08 Å². The summed E-state index contributed by atoms with van der Waals surface area (Å²) in [6.45, 7) is 0. The van der Waals surface area contributed by atoms with Crippen molar-refractivity contribution in [2.75, 3.05) is 11.5 Å². The zero-order chi connectivity index (χ0) is 22.3. The van der Waals surface area contributed by atoms with Crippen LogP contribution in [0, 0.1) is 0 Å². The maximum Gasteiger partial charge on any atom is 0.336 e. The van der Waals surface area contributed by atoms with E-state index in [4.69, 9.17) is 20.6 Å². The van der Waals surface area contributed by atoms with Crippen LogP contribution < -0.4 is 16.2 Å². The van der Waals surface area contributed by atoms with Gasteiger partial charge in [0, 0.05) is 23.4 Å². The molecule has 4 rings (SSSR count). The Labute approximate surface area is 186 Å². The van der Waals surface area contributed by atoms with Gasteiger partial charge in [-0.1, -0.05) is 36.4 Å². The van der Waals surface area contributed by atoms with Crippen LogP contribution in [0.3, 0.4) is 0 Å². The van der Waals surface area contributed by atoms with Crippen LogP contribution in [0.5, 0.6) is 5.75 Å². The van der Waals surface area contributed by atoms with Crippen molar-refractivity contribution in [3.05, 3.63) is 120 Å². The first-order chi connectivity index (χ1) is 15.6. The highest BCUT2D eigenvalue weighted by atomic mass is 16.5. The molecule has 0 amide bonds. The Balaban J connectivity index is 1.48. The Morgan fingerprint density at radius 2 is 1.44 bits per heavy atom. The van der Waals surface area contributed by atoms with Crippen molar-refractivity contribution < 1.29 is 13.9 Å². The second-order valence-corrected chi connectivity index (χ2v) is 7.50. The first kappa shape index (κ1) is 21.0. The molecule has 1 heterocycles. The van der Waals surface area contributed by atoms with Gasteiger partial charge in [-0.25, -0.2) is 4.79 Å². The van der Waals surface area contributed by atoms with Crippen molar-refractivity contribution >= 4 is 23.4 Å². The van der Waals surface area contributed by atoms with Crippen LogP contribution in [0.2, 0.25) is 0 Å². The second kappa shape index (κ2) is 9.71. The lowest BCUT2D eigenvalue weighted by Crippen LogP contribution is -2.06. The summed E-state index contributed by atoms with van der Waals surface area (Å²) in [6, 6.07) is 26.9. The fraction of sp³-hybridized carbons (Fsp3) is 0.0741. The number of carbonyl (C=O) groups is 1. The molecule has 0 radical (unpaired) electrons. The molecule has 5 nitrogen and oxygen atoms in total. The van der Waals surface area contributed by atoms with E-state index in [1.165, 1.54) is 17.2 Å². The van der Waals surface area contributed by atoms with Crippen LogP contribution >= 0.6 is 0 Å². The van der Waals surface area contributed by atoms with Gasteiger partial charge in [0.1, 0.15) is 11.5 Å². The third kappa shape index (κ3) is 5.46. The Hall–Kier alpha value is -4.25. The van der Waals surface area contributed by atoms with Crippen molar-refractivity contribution in [3.8, 4) is 5.75 Å². The van der Waals surface area contributed by atoms with Crippen LogP contribution in [-0.4, -0.2) is 5.97 Å². The van der Waals surface area contributed by atoms with Crippen LogP contribution in [0.15, 0.2) is 102 Å². The minimum Gasteiger partial charge on any atom is -0.465 e. The average molecular weight is 425 g/mol. The van der Waals surface area contributed by atoms with Gasteiger partial charge in [0.15, 0.2) is 0 Å². The first-order valence-corrected chi connectivity index (χ1v) is 10.3. The number of anilines is 2. The molecule has 1 aromatic heterocycles. The summed E-state index contributed by atoms with van der Waals surface area (Å²) in [6.07, 6.45) is 5.23. The van der Waals surface area contributed by atoms with Crippen LogP contribution in [0.4, 0.5) is 11.4 Å². The Morgan fingerprint density at radius 3 is 1.97 bits per heavy atom. The number of nitrogens with two attached hydrogens (primary N) is 2. The lowest BCUT2D eigenvalue weighted by atomic mass is 9.86. The lowest BCUT2D eigenvalue weighted by Gasteiger charge is -2.19. The highest BCUT2D eigenvalue weighted by Crippen LogP contribution is 2.30. The molecule has 0 aliphatic carbocycles. The molecule has 0 fully saturated rings. The van der Waals surface area contributed by atoms with E-state index >= 15 is 0 Å². The maximum absolute atomic E-state index is 12.0. The fourth-order valence-electron chi connectivity index (χ4n) is 3.50. The zero-order valence-electron chi connectivity index (χ0n) is 17.5. The van der Waals surface area contributed by atoms with E-state index in [0.717, 1.165) is 23.4 Å². The van der Waals surface area contributed by atoms with Gasteiger partial charge >= 0.3 is 5.97 Å². The number of rotatable bonds is 7. The summed E-state index contributed by atoms with van der Waals surface area (Å²) in [5, 5.41) is 0. The maximum atomic E-state index is 12.0. The van der Waals surface area contributed by atoms with Gasteiger partial charge in [-0.3, -0.25) is 0 Å². The molecule has 0 unspecified atom stereocenters. The number of furan rings is 1. The Bertz CT molecular complexity index is 1130. The third-order valence-corrected chi connectivity index (χ3v) is 5.19. The standard InChI is InChI=1S/C27H24N2O3/c28-22-9-5-20(6-10-22)26(21-7-11-23(29)12-8-21)18-19-3-13-25(14-4-19)32-27(30)16-15-24-2-1-17-31-24/h1-17,26H,18,28-29H2. The summed E-state index contributed by atoms with van der Waals surface area (Å²) in [5.74, 6) is 0.754. The highest BCUT2D eigenvalue weighted by Gasteiger charge is 2.15. The molecule has 0 saturated carbocycles. The van der Waals surface area contributed by atoms with Crippen molar-refractivity contribution in [3.63, 3.8) is 0 Å². The Morgan fingerprint density at radius 1 is 0.844 bits per heavy atom. The summed E-state index contributed by atoms with van der Waals surface area (Å²) in [4.78, 5) is 12.0. The molecule has 0 atom stereocenters. The van der Waals surface area contributed by atoms with Gasteiger partial charge in [0.25, 0.3) is 0 Å². The first-order valence-electron chi connectivity index (χ1n) is 10.3. The van der Waals surface area contributed by atoms with E-state index in [1.54, 1.807) is 36.6 Å². The quantitative estimate of drug-likeness (QED) is 0.178. The topological polar surface area (TPSA) is 91.5 Å². The highest BCUT2D eigenvalue weighted by molar-refractivity contribution is 5.88. The van der Waals surface area contributed by atoms with Crippen LogP contribution in [-0.2, 0) is 11.2 Å². The monoisotopic (exact) mass is 424 g/mol. The van der Waals surface area contributed by atoms with Gasteiger partial charge in [-0.05, 0) is 77.7 Å². The van der Waals surface area contributed by atoms with Crippen molar-refractivity contribution in [1.29, 1.82) is 0 Å². The predicted molar refractivity (Wildman–Crippen MR) is 127 cm³/mol. The van der Waals surface area contributed by atoms with Gasteiger partial charge in [-0.15, -0.1) is 0 Å². The minimum absolute atomic E-state index is 0.140. The van der Waals surface area contributed by atoms with Crippen molar-refractivity contribution in [2.45, 2.75) is 12.3 Å². The molecule has 0 saturated heterocycles. The van der Waals surface area contributed by atoms with E-state index in [-0.39, 0.29) is 5.92 Å². The summed E-state index contributed by atoms with van der Waals surface area (Å²) >= 11 is 0. The zero-order valence-corrected chi connectivity index (χ0v) is 17.5. The number of benzene rings is 3. The molecule has 0 bridgehead atoms. The lowest BCUT2D eigenvalue weighted by molar-refractivity contribution is -0.128. The normalized spacial score (nSPS) is 11.2. The number of hydrogen-bond donors (Lipinski definition) is 2. The number of hydrogen-bond acceptors (Lipinski definition) is 5. The summed E-state index contributed by atoms with van der Waals surface area (Å²) in [7, 11) is 0. The van der Waals surface area contributed by atoms with Gasteiger partial charge in [0.05, 0.1) is 6.26 Å².